The van der Waals surface area contributed by atoms with Crippen LogP contribution in [0.25, 0.3) is 10.9 Å². The number of benzene rings is 2. The van der Waals surface area contributed by atoms with E-state index >= 15 is 0 Å². The number of carbonyl (C=O) groups excluding carboxylic acids is 1. The first kappa shape index (κ1) is 14.8. The van der Waals surface area contributed by atoms with Gasteiger partial charge in [0.2, 0.25) is 5.91 Å². The van der Waals surface area contributed by atoms with Crippen molar-refractivity contribution in [2.75, 3.05) is 7.11 Å². The van der Waals surface area contributed by atoms with E-state index in [0.717, 1.165) is 27.8 Å². The molecule has 0 aliphatic heterocycles. The van der Waals surface area contributed by atoms with Crippen LogP contribution in [0.4, 0.5) is 0 Å². The van der Waals surface area contributed by atoms with Gasteiger partial charge in [-0.1, -0.05) is 30.3 Å². The van der Waals surface area contributed by atoms with E-state index in [-0.39, 0.29) is 12.3 Å². The number of aromatic amines is 1. The zero-order chi connectivity index (χ0) is 16.1. The lowest BCUT2D eigenvalue weighted by Crippen LogP contribution is -2.19. The third-order valence-corrected chi connectivity index (χ3v) is 3.54. The second-order valence-electron chi connectivity index (χ2n) is 5.11. The van der Waals surface area contributed by atoms with Gasteiger partial charge in [0.25, 0.3) is 0 Å². The van der Waals surface area contributed by atoms with Crippen molar-refractivity contribution in [1.82, 2.24) is 10.4 Å². The molecular weight excluding hydrogens is 290 g/mol. The van der Waals surface area contributed by atoms with E-state index in [1.807, 2.05) is 54.7 Å². The average Bonchev–Trinajstić information content (AvgIpc) is 2.99. The van der Waals surface area contributed by atoms with Gasteiger partial charge < -0.3 is 9.72 Å². The number of nitrogens with zero attached hydrogens (tertiary/aromatic N) is 1. The van der Waals surface area contributed by atoms with Crippen molar-refractivity contribution < 1.29 is 9.53 Å². The van der Waals surface area contributed by atoms with Gasteiger partial charge in [-0.25, -0.2) is 5.43 Å². The first-order valence-electron chi connectivity index (χ1n) is 7.27. The fourth-order valence-electron chi connectivity index (χ4n) is 2.34. The van der Waals surface area contributed by atoms with Gasteiger partial charge in [0.1, 0.15) is 5.75 Å². The van der Waals surface area contributed by atoms with Crippen molar-refractivity contribution in [3.05, 3.63) is 65.9 Å². The van der Waals surface area contributed by atoms with Crippen LogP contribution in [0.15, 0.2) is 59.8 Å². The summed E-state index contributed by atoms with van der Waals surface area (Å²) in [5, 5.41) is 5.09. The van der Waals surface area contributed by atoms with Gasteiger partial charge in [-0.2, -0.15) is 5.10 Å². The van der Waals surface area contributed by atoms with Gasteiger partial charge in [-0.3, -0.25) is 4.79 Å². The van der Waals surface area contributed by atoms with Crippen molar-refractivity contribution in [1.29, 1.82) is 0 Å². The lowest BCUT2D eigenvalue weighted by atomic mass is 10.1. The largest absolute Gasteiger partial charge is 0.497 e. The normalized spacial score (nSPS) is 11.0. The summed E-state index contributed by atoms with van der Waals surface area (Å²) in [6, 6.07) is 15.3. The quantitative estimate of drug-likeness (QED) is 0.562. The molecule has 1 aromatic heterocycles. The Morgan fingerprint density at radius 1 is 1.22 bits per heavy atom. The molecule has 0 saturated heterocycles. The van der Waals surface area contributed by atoms with E-state index < -0.39 is 0 Å². The molecule has 3 aromatic rings. The zero-order valence-electron chi connectivity index (χ0n) is 12.7. The third kappa shape index (κ3) is 3.58. The van der Waals surface area contributed by atoms with Gasteiger partial charge in [0.05, 0.1) is 19.7 Å². The molecule has 116 valence electrons. The number of hydrazone groups is 1. The number of hydrogen-bond acceptors (Lipinski definition) is 3. The third-order valence-electron chi connectivity index (χ3n) is 3.54. The fourth-order valence-corrected chi connectivity index (χ4v) is 2.34. The Morgan fingerprint density at radius 3 is 2.78 bits per heavy atom. The number of para-hydroxylation sites is 1. The molecule has 0 spiro atoms. The number of aromatic nitrogens is 1. The lowest BCUT2D eigenvalue weighted by molar-refractivity contribution is -0.120. The first-order chi connectivity index (χ1) is 11.3. The number of carbonyl (C=O) groups is 1. The molecular formula is C18H17N3O2. The molecule has 3 rings (SSSR count). The summed E-state index contributed by atoms with van der Waals surface area (Å²) in [5.41, 5.74) is 5.43. The average molecular weight is 307 g/mol. The van der Waals surface area contributed by atoms with Gasteiger partial charge in [0.15, 0.2) is 0 Å². The number of rotatable bonds is 5. The van der Waals surface area contributed by atoms with Crippen LogP contribution in [-0.4, -0.2) is 24.2 Å². The van der Waals surface area contributed by atoms with Gasteiger partial charge >= 0.3 is 0 Å². The van der Waals surface area contributed by atoms with Gasteiger partial charge in [-0.15, -0.1) is 0 Å². The number of nitrogens with one attached hydrogen (secondary N) is 2. The second-order valence-corrected chi connectivity index (χ2v) is 5.11. The van der Waals surface area contributed by atoms with Crippen LogP contribution in [-0.2, 0) is 11.2 Å². The topological polar surface area (TPSA) is 66.5 Å². The lowest BCUT2D eigenvalue weighted by Gasteiger charge is -2.02. The Bertz CT molecular complexity index is 835. The molecule has 0 radical (unpaired) electrons. The van der Waals surface area contributed by atoms with Crippen molar-refractivity contribution in [3.63, 3.8) is 0 Å². The van der Waals surface area contributed by atoms with Crippen LogP contribution in [0.5, 0.6) is 5.75 Å². The van der Waals surface area contributed by atoms with Crippen LogP contribution in [0.1, 0.15) is 11.1 Å². The Balaban J connectivity index is 1.59. The van der Waals surface area contributed by atoms with Crippen molar-refractivity contribution in [2.24, 2.45) is 5.10 Å². The minimum absolute atomic E-state index is 0.161. The van der Waals surface area contributed by atoms with Crippen molar-refractivity contribution in [3.8, 4) is 5.75 Å². The van der Waals surface area contributed by atoms with E-state index in [1.165, 1.54) is 0 Å². The number of ether oxygens (including phenoxy) is 1. The molecule has 0 aliphatic carbocycles. The molecule has 1 heterocycles. The molecule has 2 aromatic carbocycles. The monoisotopic (exact) mass is 307 g/mol. The summed E-state index contributed by atoms with van der Waals surface area (Å²) in [4.78, 5) is 15.1. The van der Waals surface area contributed by atoms with Crippen molar-refractivity contribution in [2.45, 2.75) is 6.42 Å². The van der Waals surface area contributed by atoms with E-state index in [9.17, 15) is 4.79 Å². The summed E-state index contributed by atoms with van der Waals surface area (Å²) in [5.74, 6) is 0.609. The number of H-pyrrole nitrogens is 1. The molecule has 23 heavy (non-hydrogen) atoms. The molecule has 0 aliphatic rings. The predicted octanol–water partition coefficient (Wildman–Crippen LogP) is 2.87. The molecule has 5 nitrogen and oxygen atoms in total. The highest BCUT2D eigenvalue weighted by atomic mass is 16.5. The number of fused-ring (bicyclic) bond motifs is 1. The van der Waals surface area contributed by atoms with E-state index in [0.29, 0.717) is 0 Å². The van der Waals surface area contributed by atoms with E-state index in [4.69, 9.17) is 4.74 Å². The molecule has 0 fully saturated rings. The van der Waals surface area contributed by atoms with Crippen LogP contribution in [0, 0.1) is 0 Å². The first-order valence-corrected chi connectivity index (χ1v) is 7.27. The SMILES string of the molecule is COc1ccc(CC(=O)N/N=C/c2c[nH]c3ccccc23)cc1. The van der Waals surface area contributed by atoms with E-state index in [2.05, 4.69) is 15.5 Å². The maximum Gasteiger partial charge on any atom is 0.244 e. The highest BCUT2D eigenvalue weighted by molar-refractivity contribution is 5.99. The number of amides is 1. The Hall–Kier alpha value is -3.08. The fraction of sp³-hybridized carbons (Fsp3) is 0.111. The summed E-state index contributed by atoms with van der Waals surface area (Å²) in [7, 11) is 1.61. The minimum atomic E-state index is -0.161. The standard InChI is InChI=1S/C18H17N3O2/c1-23-15-8-6-13(7-9-15)10-18(22)21-20-12-14-11-19-17-5-3-2-4-16(14)17/h2-9,11-12,19H,10H2,1H3,(H,21,22)/b20-12+. The second kappa shape index (κ2) is 6.79. The number of methoxy groups -OCH3 is 1. The summed E-state index contributed by atoms with van der Waals surface area (Å²) < 4.78 is 5.09. The highest BCUT2D eigenvalue weighted by Gasteiger charge is 2.03. The molecule has 0 unspecified atom stereocenters. The van der Waals surface area contributed by atoms with E-state index in [1.54, 1.807) is 13.3 Å². The smallest absolute Gasteiger partial charge is 0.244 e. The zero-order valence-corrected chi connectivity index (χ0v) is 12.7. The molecule has 0 atom stereocenters. The minimum Gasteiger partial charge on any atom is -0.497 e. The molecule has 2 N–H and O–H groups in total. The summed E-state index contributed by atoms with van der Waals surface area (Å²) in [6.07, 6.45) is 3.78. The van der Waals surface area contributed by atoms with Gasteiger partial charge in [-0.05, 0) is 23.8 Å². The molecule has 0 bridgehead atoms. The van der Waals surface area contributed by atoms with Crippen LogP contribution in [0.2, 0.25) is 0 Å². The van der Waals surface area contributed by atoms with Crippen LogP contribution >= 0.6 is 0 Å². The molecule has 0 saturated carbocycles. The molecule has 5 heteroatoms. The predicted molar refractivity (Wildman–Crippen MR) is 90.7 cm³/mol. The Labute approximate surface area is 134 Å². The Kier molecular flexibility index (Phi) is 4.38. The molecule has 1 amide bonds. The Morgan fingerprint density at radius 2 is 2.00 bits per heavy atom. The summed E-state index contributed by atoms with van der Waals surface area (Å²) >= 11 is 0. The maximum absolute atomic E-state index is 11.9. The highest BCUT2D eigenvalue weighted by Crippen LogP contribution is 2.15. The van der Waals surface area contributed by atoms with Crippen LogP contribution < -0.4 is 10.2 Å². The number of hydrogen-bond donors (Lipinski definition) is 2. The maximum atomic E-state index is 11.9. The van der Waals surface area contributed by atoms with Crippen LogP contribution in [0.3, 0.4) is 0 Å². The summed E-state index contributed by atoms with van der Waals surface area (Å²) in [6.45, 7) is 0. The van der Waals surface area contributed by atoms with Crippen molar-refractivity contribution >= 4 is 23.0 Å². The van der Waals surface area contributed by atoms with Gasteiger partial charge in [0, 0.05) is 22.7 Å².